The van der Waals surface area contributed by atoms with Gasteiger partial charge in [0.1, 0.15) is 17.5 Å². The van der Waals surface area contributed by atoms with E-state index in [1.807, 2.05) is 32.3 Å². The van der Waals surface area contributed by atoms with Crippen molar-refractivity contribution in [1.82, 2.24) is 19.4 Å². The highest BCUT2D eigenvalue weighted by atomic mass is 19.1. The predicted octanol–water partition coefficient (Wildman–Crippen LogP) is 5.80. The first kappa shape index (κ1) is 23.9. The Morgan fingerprint density at radius 3 is 2.69 bits per heavy atom. The number of aromatic nitrogens is 3. The first-order valence-electron chi connectivity index (χ1n) is 11.4. The standard InChI is InChI=1S/C23H27F2N5.C2H6.H2/c1-16(2)23-28-13-19-4-3-10-29(15-17-5-6-18(24)12-20(17)25)11-9-27-21-7-8-26-14-22(21)30(19)23;1-2;/h5-8,12-14,16,27H,3-4,9-11,15H2,1-2H3;1-2H3;1H. The second kappa shape index (κ2) is 11.2. The third-order valence-corrected chi connectivity index (χ3v) is 5.48. The second-order valence-corrected chi connectivity index (χ2v) is 8.03. The lowest BCUT2D eigenvalue weighted by Gasteiger charge is -2.23. The molecular weight excluding hydrogens is 408 g/mol. The van der Waals surface area contributed by atoms with E-state index in [1.165, 1.54) is 12.1 Å². The molecule has 4 rings (SSSR count). The van der Waals surface area contributed by atoms with Crippen LogP contribution in [0.5, 0.6) is 0 Å². The SMILES string of the molecule is CC.CC(C)c1ncc2n1-c1cnccc1NCCN(Cc1ccc(F)cc1F)CCC2.[HH]. The van der Waals surface area contributed by atoms with Crippen molar-refractivity contribution < 1.29 is 10.2 Å². The van der Waals surface area contributed by atoms with E-state index in [0.29, 0.717) is 18.7 Å². The van der Waals surface area contributed by atoms with Crippen molar-refractivity contribution in [2.24, 2.45) is 0 Å². The molecule has 5 nitrogen and oxygen atoms in total. The molecule has 7 heteroatoms. The van der Waals surface area contributed by atoms with Crippen LogP contribution in [0, 0.1) is 11.6 Å². The number of halogens is 2. The van der Waals surface area contributed by atoms with Crippen molar-refractivity contribution in [3.8, 4) is 5.69 Å². The van der Waals surface area contributed by atoms with E-state index >= 15 is 0 Å². The Morgan fingerprint density at radius 1 is 1.12 bits per heavy atom. The maximum Gasteiger partial charge on any atom is 0.130 e. The van der Waals surface area contributed by atoms with E-state index in [-0.39, 0.29) is 7.34 Å². The molecule has 0 bridgehead atoms. The molecule has 0 unspecified atom stereocenters. The number of nitrogens with one attached hydrogen (secondary N) is 1. The molecule has 0 fully saturated rings. The summed E-state index contributed by atoms with van der Waals surface area (Å²) in [6.45, 7) is 11.0. The highest BCUT2D eigenvalue weighted by Crippen LogP contribution is 2.27. The minimum atomic E-state index is -0.546. The molecule has 2 aromatic heterocycles. The van der Waals surface area contributed by atoms with Crippen LogP contribution in [0.3, 0.4) is 0 Å². The molecule has 0 spiro atoms. The van der Waals surface area contributed by atoms with Crippen LogP contribution in [0.1, 0.15) is 58.5 Å². The fraction of sp³-hybridized carbons (Fsp3) is 0.440. The molecule has 0 aliphatic carbocycles. The summed E-state index contributed by atoms with van der Waals surface area (Å²) in [6.07, 6.45) is 7.39. The Bertz CT molecular complexity index is 1020. The number of aryl methyl sites for hydroxylation is 1. The van der Waals surface area contributed by atoms with Gasteiger partial charge in [0, 0.05) is 56.7 Å². The number of hydrogen-bond donors (Lipinski definition) is 1. The largest absolute Gasteiger partial charge is 0.382 e. The Morgan fingerprint density at radius 2 is 1.94 bits per heavy atom. The summed E-state index contributed by atoms with van der Waals surface area (Å²) in [4.78, 5) is 11.2. The summed E-state index contributed by atoms with van der Waals surface area (Å²) in [5, 5.41) is 3.51. The summed E-state index contributed by atoms with van der Waals surface area (Å²) in [7, 11) is 0. The van der Waals surface area contributed by atoms with Crippen molar-refractivity contribution in [3.63, 3.8) is 0 Å². The fourth-order valence-corrected chi connectivity index (χ4v) is 3.97. The zero-order chi connectivity index (χ0) is 23.1. The van der Waals surface area contributed by atoms with Gasteiger partial charge in [0.2, 0.25) is 0 Å². The van der Waals surface area contributed by atoms with Gasteiger partial charge in [-0.25, -0.2) is 13.8 Å². The molecule has 1 N–H and O–H groups in total. The Labute approximate surface area is 191 Å². The molecular formula is C25H35F2N5. The third-order valence-electron chi connectivity index (χ3n) is 5.48. The predicted molar refractivity (Wildman–Crippen MR) is 127 cm³/mol. The number of nitrogens with zero attached hydrogens (tertiary/aromatic N) is 4. The van der Waals surface area contributed by atoms with Crippen LogP contribution in [0.25, 0.3) is 5.69 Å². The lowest BCUT2D eigenvalue weighted by Crippen LogP contribution is -2.30. The van der Waals surface area contributed by atoms with E-state index in [1.54, 1.807) is 6.20 Å². The molecule has 0 saturated heterocycles. The number of fused-ring (bicyclic) bond motifs is 3. The molecule has 1 aromatic carbocycles. The summed E-state index contributed by atoms with van der Waals surface area (Å²) in [5.41, 5.74) is 3.67. The lowest BCUT2D eigenvalue weighted by molar-refractivity contribution is 0.268. The quantitative estimate of drug-likeness (QED) is 0.556. The summed E-state index contributed by atoms with van der Waals surface area (Å²) in [5.74, 6) is 0.267. The van der Waals surface area contributed by atoms with Gasteiger partial charge in [-0.2, -0.15) is 0 Å². The van der Waals surface area contributed by atoms with Crippen LogP contribution in [0.2, 0.25) is 0 Å². The number of imidazole rings is 1. The smallest absolute Gasteiger partial charge is 0.130 e. The highest BCUT2D eigenvalue weighted by molar-refractivity contribution is 5.60. The summed E-state index contributed by atoms with van der Waals surface area (Å²) < 4.78 is 29.6. The van der Waals surface area contributed by atoms with Gasteiger partial charge in [0.05, 0.1) is 17.6 Å². The highest BCUT2D eigenvalue weighted by Gasteiger charge is 2.19. The molecule has 3 aromatic rings. The van der Waals surface area contributed by atoms with Crippen LogP contribution in [0.15, 0.2) is 42.9 Å². The Kier molecular flexibility index (Phi) is 8.33. The molecule has 174 valence electrons. The lowest BCUT2D eigenvalue weighted by atomic mass is 10.1. The van der Waals surface area contributed by atoms with Crippen molar-refractivity contribution in [1.29, 1.82) is 0 Å². The van der Waals surface area contributed by atoms with Crippen LogP contribution in [-0.4, -0.2) is 39.1 Å². The summed E-state index contributed by atoms with van der Waals surface area (Å²) >= 11 is 0. The minimum Gasteiger partial charge on any atom is -0.382 e. The van der Waals surface area contributed by atoms with Gasteiger partial charge in [-0.05, 0) is 31.5 Å². The first-order valence-corrected chi connectivity index (χ1v) is 11.4. The first-order chi connectivity index (χ1) is 15.5. The average molecular weight is 444 g/mol. The van der Waals surface area contributed by atoms with Crippen LogP contribution in [0.4, 0.5) is 14.5 Å². The van der Waals surface area contributed by atoms with Gasteiger partial charge in [0.25, 0.3) is 0 Å². The van der Waals surface area contributed by atoms with Crippen LogP contribution in [-0.2, 0) is 13.0 Å². The fourth-order valence-electron chi connectivity index (χ4n) is 3.97. The van der Waals surface area contributed by atoms with Gasteiger partial charge in [0.15, 0.2) is 0 Å². The molecule has 3 heterocycles. The third kappa shape index (κ3) is 5.51. The van der Waals surface area contributed by atoms with Crippen LogP contribution < -0.4 is 5.32 Å². The number of rotatable bonds is 3. The molecule has 1 aliphatic rings. The van der Waals surface area contributed by atoms with Gasteiger partial charge < -0.3 is 5.32 Å². The van der Waals surface area contributed by atoms with Gasteiger partial charge in [-0.3, -0.25) is 14.5 Å². The maximum atomic E-state index is 14.2. The van der Waals surface area contributed by atoms with Gasteiger partial charge in [-0.1, -0.05) is 33.8 Å². The monoisotopic (exact) mass is 443 g/mol. The van der Waals surface area contributed by atoms with Crippen LogP contribution >= 0.6 is 0 Å². The van der Waals surface area contributed by atoms with Crippen molar-refractivity contribution in [2.45, 2.75) is 53.0 Å². The number of pyridine rings is 1. The molecule has 0 radical (unpaired) electrons. The normalized spacial score (nSPS) is 14.5. The number of hydrogen-bond acceptors (Lipinski definition) is 4. The van der Waals surface area contributed by atoms with Gasteiger partial charge in [-0.15, -0.1) is 0 Å². The second-order valence-electron chi connectivity index (χ2n) is 8.03. The zero-order valence-corrected chi connectivity index (χ0v) is 19.4. The molecule has 0 amide bonds. The van der Waals surface area contributed by atoms with Crippen molar-refractivity contribution in [3.05, 3.63) is 71.6 Å². The number of anilines is 1. The van der Waals surface area contributed by atoms with E-state index in [0.717, 1.165) is 54.9 Å². The van der Waals surface area contributed by atoms with Gasteiger partial charge >= 0.3 is 0 Å². The van der Waals surface area contributed by atoms with Crippen molar-refractivity contribution in [2.75, 3.05) is 25.0 Å². The molecule has 1 aliphatic heterocycles. The summed E-state index contributed by atoms with van der Waals surface area (Å²) in [6, 6.07) is 5.78. The maximum absolute atomic E-state index is 14.2. The molecule has 0 atom stereocenters. The zero-order valence-electron chi connectivity index (χ0n) is 19.4. The number of benzene rings is 1. The van der Waals surface area contributed by atoms with E-state index < -0.39 is 11.6 Å². The average Bonchev–Trinajstić information content (AvgIpc) is 3.20. The van der Waals surface area contributed by atoms with E-state index in [4.69, 9.17) is 0 Å². The van der Waals surface area contributed by atoms with Crippen molar-refractivity contribution >= 4 is 5.69 Å². The molecule has 32 heavy (non-hydrogen) atoms. The Balaban J connectivity index is 0.00000125. The van der Waals surface area contributed by atoms with E-state index in [2.05, 4.69) is 38.6 Å². The molecule has 0 saturated carbocycles. The minimum absolute atomic E-state index is 0. The Hall–Kier alpha value is -2.80. The van der Waals surface area contributed by atoms with E-state index in [9.17, 15) is 8.78 Å². The topological polar surface area (TPSA) is 46.0 Å².